The Hall–Kier alpha value is -6.68. The van der Waals surface area contributed by atoms with Crippen molar-refractivity contribution in [2.75, 3.05) is 26.4 Å². The summed E-state index contributed by atoms with van der Waals surface area (Å²) in [7, 11) is 0. The van der Waals surface area contributed by atoms with Crippen molar-refractivity contribution in [3.63, 3.8) is 0 Å². The standard InChI is InChI=1S/C136H214N4O4/c1-5-9-13-17-21-25-29-33-37-41-45-49-53-57-61-65-69-73-77-81-109-141-113-117-85-93-121(94-86-117)133-125-101-103-127(137-125)134(122-95-87-118(88-96-122)114-142-110-82-78-74-70-66-62-58-54-50-46-42-38-34-30-26-22-18-14-10-6-2)129-105-107-131(139-129)136(124-99-91-120(92-100-124)116-144-112-84-80-76-72-68-64-60-56-52-48-44-40-36-32-28-24-20-16-12-8-4)132-108-106-130(140-132)135(128-104-102-126(133)138-128)123-97-89-119(90-98-123)115-143-111-83-79-75-71-67-63-59-55-51-47-43-39-35-31-27-23-19-15-11-7-3/h85-108,137,140H,5-84,109-116H2,1-4H3. The van der Waals surface area contributed by atoms with Crippen LogP contribution in [0.15, 0.2) is 121 Å². The van der Waals surface area contributed by atoms with Crippen molar-refractivity contribution in [3.05, 3.63) is 166 Å². The first-order valence-electron chi connectivity index (χ1n) is 62.4. The smallest absolute Gasteiger partial charge is 0.0737 e. The third kappa shape index (κ3) is 53.7. The van der Waals surface area contributed by atoms with Gasteiger partial charge in [0.2, 0.25) is 0 Å². The molecule has 0 atom stereocenters. The van der Waals surface area contributed by atoms with Crippen LogP contribution >= 0.6 is 0 Å². The number of nitrogens with zero attached hydrogens (tertiary/aromatic N) is 2. The summed E-state index contributed by atoms with van der Waals surface area (Å²) in [6, 6.07) is 45.4. The second kappa shape index (κ2) is 83.1. The van der Waals surface area contributed by atoms with E-state index in [0.717, 1.165) is 141 Å². The minimum atomic E-state index is 0.595. The predicted octanol–water partition coefficient (Wildman–Crippen LogP) is 44.7. The summed E-state index contributed by atoms with van der Waals surface area (Å²) < 4.78 is 25.8. The molecule has 0 saturated heterocycles. The van der Waals surface area contributed by atoms with Gasteiger partial charge < -0.3 is 28.9 Å². The lowest BCUT2D eigenvalue weighted by Crippen LogP contribution is -1.96. The summed E-state index contributed by atoms with van der Waals surface area (Å²) in [6.07, 6.45) is 120. The van der Waals surface area contributed by atoms with Crippen molar-refractivity contribution in [2.24, 2.45) is 0 Å². The van der Waals surface area contributed by atoms with Crippen molar-refractivity contribution < 1.29 is 18.9 Å². The van der Waals surface area contributed by atoms with Crippen LogP contribution in [0.2, 0.25) is 0 Å². The highest BCUT2D eigenvalue weighted by molar-refractivity contribution is 6.00. The van der Waals surface area contributed by atoms with E-state index in [1.165, 1.54) is 510 Å². The zero-order valence-corrected chi connectivity index (χ0v) is 93.6. The zero-order valence-electron chi connectivity index (χ0n) is 93.6. The normalized spacial score (nSPS) is 12.0. The van der Waals surface area contributed by atoms with E-state index >= 15 is 0 Å². The van der Waals surface area contributed by atoms with Gasteiger partial charge in [0.1, 0.15) is 0 Å². The summed E-state index contributed by atoms with van der Waals surface area (Å²) in [5.74, 6) is 0. The second-order valence-corrected chi connectivity index (χ2v) is 44.4. The molecule has 2 aliphatic heterocycles. The molecule has 0 fully saturated rings. The Bertz CT molecular complexity index is 3910. The van der Waals surface area contributed by atoms with Crippen LogP contribution in [0.3, 0.4) is 0 Å². The average molecular weight is 1970 g/mol. The van der Waals surface area contributed by atoms with Gasteiger partial charge in [0.15, 0.2) is 0 Å². The third-order valence-corrected chi connectivity index (χ3v) is 31.4. The number of nitrogens with one attached hydrogen (secondary N) is 2. The predicted molar refractivity (Wildman–Crippen MR) is 631 cm³/mol. The summed E-state index contributed by atoms with van der Waals surface area (Å²) in [5, 5.41) is 0. The maximum Gasteiger partial charge on any atom is 0.0737 e. The average Bonchev–Trinajstić information content (AvgIpc) is 1.61. The van der Waals surface area contributed by atoms with Crippen LogP contribution in [0.4, 0.5) is 0 Å². The Morgan fingerprint density at radius 2 is 0.278 bits per heavy atom. The minimum absolute atomic E-state index is 0.595. The van der Waals surface area contributed by atoms with E-state index < -0.39 is 0 Å². The molecule has 802 valence electrons. The van der Waals surface area contributed by atoms with Gasteiger partial charge in [0.25, 0.3) is 0 Å². The van der Waals surface area contributed by atoms with Gasteiger partial charge in [-0.1, -0.05) is 613 Å². The SMILES string of the molecule is CCCCCCCCCCCCCCCCCCCCCCOCc1ccc(-c2c3nc(c(-c4ccc(COCCCCCCCCCCCCCCCCCCCCCC)cc4)c4ccc([nH]4)c(-c4ccc(COCCCCCCCCCCCCCCCCCCCCCC)cc4)c4nc(c(-c5ccc(COCCCCCCCCCCCCCCCCCCCCCC)cc5)c5ccc2[nH]5)C=C4)C=C3)cc1. The monoisotopic (exact) mass is 1970 g/mol. The lowest BCUT2D eigenvalue weighted by Gasteiger charge is -2.09. The molecule has 2 aliphatic rings. The molecule has 0 unspecified atom stereocenters. The highest BCUT2D eigenvalue weighted by atomic mass is 16.5. The topological polar surface area (TPSA) is 94.3 Å². The molecule has 8 nitrogen and oxygen atoms in total. The van der Waals surface area contributed by atoms with E-state index in [0.29, 0.717) is 26.4 Å². The lowest BCUT2D eigenvalue weighted by atomic mass is 10.0. The van der Waals surface area contributed by atoms with Gasteiger partial charge in [-0.2, -0.15) is 0 Å². The van der Waals surface area contributed by atoms with Crippen LogP contribution in [-0.2, 0) is 45.4 Å². The molecule has 0 aliphatic carbocycles. The minimum Gasteiger partial charge on any atom is -0.377 e. The lowest BCUT2D eigenvalue weighted by molar-refractivity contribution is 0.116. The third-order valence-electron chi connectivity index (χ3n) is 31.4. The molecule has 0 spiro atoms. The van der Waals surface area contributed by atoms with E-state index in [-0.39, 0.29) is 0 Å². The first kappa shape index (κ1) is 121. The summed E-state index contributed by atoms with van der Waals surface area (Å²) in [4.78, 5) is 19.7. The number of H-pyrrole nitrogens is 2. The quantitative estimate of drug-likeness (QED) is 0.0369. The first-order valence-corrected chi connectivity index (χ1v) is 62.4. The molecule has 4 aromatic carbocycles. The molecule has 5 heterocycles. The number of ether oxygens (including phenoxy) is 4. The van der Waals surface area contributed by atoms with E-state index in [1.807, 2.05) is 0 Å². The van der Waals surface area contributed by atoms with Crippen LogP contribution in [0.5, 0.6) is 0 Å². The summed E-state index contributed by atoms with van der Waals surface area (Å²) in [6.45, 7) is 14.8. The number of aromatic nitrogens is 4. The molecule has 3 aromatic heterocycles. The van der Waals surface area contributed by atoms with Crippen molar-refractivity contribution >= 4 is 46.4 Å². The Morgan fingerprint density at radius 1 is 0.153 bits per heavy atom. The Kier molecular flexibility index (Phi) is 69.7. The summed E-state index contributed by atoms with van der Waals surface area (Å²) in [5.41, 5.74) is 20.8. The van der Waals surface area contributed by atoms with Crippen molar-refractivity contribution in [2.45, 2.75) is 568 Å². The number of hydrogen-bond donors (Lipinski definition) is 2. The molecule has 8 heteroatoms. The van der Waals surface area contributed by atoms with Gasteiger partial charge in [0, 0.05) is 70.7 Å². The molecular formula is C136H214N4O4. The van der Waals surface area contributed by atoms with Gasteiger partial charge in [-0.05, 0) is 119 Å². The van der Waals surface area contributed by atoms with Crippen LogP contribution in [-0.4, -0.2) is 46.4 Å². The van der Waals surface area contributed by atoms with Crippen LogP contribution in [0, 0.1) is 0 Å². The van der Waals surface area contributed by atoms with Gasteiger partial charge in [-0.3, -0.25) is 0 Å². The molecule has 0 saturated carbocycles. The van der Waals surface area contributed by atoms with Gasteiger partial charge in [-0.15, -0.1) is 0 Å². The largest absolute Gasteiger partial charge is 0.377 e. The molecule has 8 bridgehead atoms. The zero-order chi connectivity index (χ0) is 100. The maximum atomic E-state index is 6.44. The molecule has 7 aromatic rings. The molecule has 0 amide bonds. The fourth-order valence-corrected chi connectivity index (χ4v) is 22.1. The van der Waals surface area contributed by atoms with E-state index in [1.54, 1.807) is 0 Å². The fraction of sp³-hybridized carbons (Fsp3) is 0.676. The van der Waals surface area contributed by atoms with Gasteiger partial charge in [-0.25, -0.2) is 9.97 Å². The van der Waals surface area contributed by atoms with E-state index in [2.05, 4.69) is 183 Å². The number of fused-ring (bicyclic) bond motifs is 8. The number of rotatable bonds is 96. The van der Waals surface area contributed by atoms with Gasteiger partial charge >= 0.3 is 0 Å². The van der Waals surface area contributed by atoms with Crippen molar-refractivity contribution in [1.29, 1.82) is 0 Å². The highest BCUT2D eigenvalue weighted by Gasteiger charge is 2.21. The van der Waals surface area contributed by atoms with Crippen molar-refractivity contribution in [1.82, 2.24) is 19.9 Å². The van der Waals surface area contributed by atoms with Crippen LogP contribution in [0.1, 0.15) is 586 Å². The maximum absolute atomic E-state index is 6.44. The number of unbranched alkanes of at least 4 members (excludes halogenated alkanes) is 76. The van der Waals surface area contributed by atoms with Crippen LogP contribution < -0.4 is 0 Å². The van der Waals surface area contributed by atoms with Gasteiger partial charge in [0.05, 0.1) is 49.2 Å². The summed E-state index contributed by atoms with van der Waals surface area (Å²) >= 11 is 0. The molecule has 9 rings (SSSR count). The highest BCUT2D eigenvalue weighted by Crippen LogP contribution is 2.40. The van der Waals surface area contributed by atoms with E-state index in [4.69, 9.17) is 28.9 Å². The fourth-order valence-electron chi connectivity index (χ4n) is 22.1. The second-order valence-electron chi connectivity index (χ2n) is 44.4. The Morgan fingerprint density at radius 3 is 0.410 bits per heavy atom. The van der Waals surface area contributed by atoms with Crippen molar-refractivity contribution in [3.8, 4) is 44.5 Å². The van der Waals surface area contributed by atoms with Crippen LogP contribution in [0.25, 0.3) is 90.9 Å². The first-order chi connectivity index (χ1) is 71.5. The molecule has 144 heavy (non-hydrogen) atoms. The molecule has 2 N–H and O–H groups in total. The Labute approximate surface area is 884 Å². The number of hydrogen-bond acceptors (Lipinski definition) is 6. The Balaban J connectivity index is 0.863. The van der Waals surface area contributed by atoms with E-state index in [9.17, 15) is 0 Å². The molecule has 0 radical (unpaired) electrons. The number of benzene rings is 4. The number of aromatic amines is 2. The molecular weight excluding hydrogens is 1750 g/mol.